The quantitative estimate of drug-likeness (QED) is 0.125. The van der Waals surface area contributed by atoms with Crippen LogP contribution in [0.5, 0.6) is 0 Å². The van der Waals surface area contributed by atoms with Crippen molar-refractivity contribution in [1.29, 1.82) is 0 Å². The predicted molar refractivity (Wildman–Crippen MR) is 199 cm³/mol. The molecule has 2 N–H and O–H groups in total. The van der Waals surface area contributed by atoms with Crippen LogP contribution in [0.1, 0.15) is 87.1 Å². The zero-order chi connectivity index (χ0) is 35.1. The number of fused-ring (bicyclic) bond motifs is 3. The lowest BCUT2D eigenvalue weighted by Crippen LogP contribution is -2.38. The molecule has 0 aliphatic heterocycles. The first-order valence-corrected chi connectivity index (χ1v) is 18.7. The molecule has 6 rings (SSSR count). The Hall–Kier alpha value is -3.01. The Morgan fingerprint density at radius 2 is 1.73 bits per heavy atom. The molecule has 2 bridgehead atoms. The number of pyridine rings is 1. The molecular formula is C39H44ClNO5S2. The molecule has 9 heteroatoms. The monoisotopic (exact) mass is 705 g/mol. The number of thiol groups is 1. The van der Waals surface area contributed by atoms with Crippen molar-refractivity contribution in [1.82, 2.24) is 4.98 Å². The number of aromatic nitrogens is 1. The van der Waals surface area contributed by atoms with Gasteiger partial charge in [-0.15, -0.1) is 0 Å². The molecule has 4 aromatic rings. The van der Waals surface area contributed by atoms with Crippen molar-refractivity contribution in [3.05, 3.63) is 112 Å². The Labute approximate surface area is 294 Å². The summed E-state index contributed by atoms with van der Waals surface area (Å²) in [5.74, 6) is -0.531. The topological polar surface area (TPSA) is 105 Å². The van der Waals surface area contributed by atoms with Gasteiger partial charge in [-0.2, -0.15) is 21.0 Å². The predicted octanol–water partition coefficient (Wildman–Crippen LogP) is 9.16. The third-order valence-electron chi connectivity index (χ3n) is 10.6. The van der Waals surface area contributed by atoms with Gasteiger partial charge in [0.2, 0.25) is 0 Å². The molecule has 2 fully saturated rings. The van der Waals surface area contributed by atoms with Crippen LogP contribution in [0.4, 0.5) is 0 Å². The molecule has 0 amide bonds. The third kappa shape index (κ3) is 7.43. The number of aliphatic hydroxyl groups is 1. The van der Waals surface area contributed by atoms with Gasteiger partial charge >= 0.3 is 0 Å². The Balaban J connectivity index is 0.000000250. The minimum atomic E-state index is -4.24. The van der Waals surface area contributed by atoms with E-state index in [0.29, 0.717) is 11.4 Å². The first kappa shape index (κ1) is 36.3. The van der Waals surface area contributed by atoms with Crippen molar-refractivity contribution in [3.63, 3.8) is 0 Å². The van der Waals surface area contributed by atoms with Crippen LogP contribution >= 0.6 is 24.2 Å². The van der Waals surface area contributed by atoms with Gasteiger partial charge < -0.3 is 5.11 Å². The van der Waals surface area contributed by atoms with Crippen LogP contribution in [0.3, 0.4) is 0 Å². The highest BCUT2D eigenvalue weighted by atomic mass is 35.5. The van der Waals surface area contributed by atoms with E-state index in [9.17, 15) is 18.3 Å². The number of Topliss-reactive ketones (excluding diaryl/α,β-unsaturated/α-hetero) is 1. The number of ketones is 1. The van der Waals surface area contributed by atoms with Crippen molar-refractivity contribution >= 4 is 63.2 Å². The summed E-state index contributed by atoms with van der Waals surface area (Å²) in [5, 5.41) is 11.2. The largest absolute Gasteiger partial charge is 0.386 e. The number of hydrogen-bond donors (Lipinski definition) is 3. The van der Waals surface area contributed by atoms with Crippen LogP contribution in [-0.4, -0.2) is 34.1 Å². The maximum absolute atomic E-state index is 12.0. The van der Waals surface area contributed by atoms with E-state index in [1.807, 2.05) is 83.2 Å². The van der Waals surface area contributed by atoms with E-state index in [2.05, 4.69) is 42.5 Å². The van der Waals surface area contributed by atoms with Gasteiger partial charge in [-0.1, -0.05) is 99.1 Å². The molecule has 0 radical (unpaired) electrons. The minimum Gasteiger partial charge on any atom is -0.386 e. The van der Waals surface area contributed by atoms with Gasteiger partial charge in [-0.05, 0) is 97.4 Å². The van der Waals surface area contributed by atoms with Crippen molar-refractivity contribution in [2.75, 3.05) is 0 Å². The summed E-state index contributed by atoms with van der Waals surface area (Å²) in [4.78, 5) is 16.7. The van der Waals surface area contributed by atoms with Crippen molar-refractivity contribution in [2.24, 2.45) is 16.7 Å². The summed E-state index contributed by atoms with van der Waals surface area (Å²) in [6, 6.07) is 26.4. The minimum absolute atomic E-state index is 0.106. The van der Waals surface area contributed by atoms with Gasteiger partial charge in [0.15, 0.2) is 5.78 Å². The Bertz CT molecular complexity index is 1970. The van der Waals surface area contributed by atoms with Gasteiger partial charge in [-0.3, -0.25) is 9.35 Å². The molecular weight excluding hydrogens is 662 g/mol. The second kappa shape index (κ2) is 13.7. The molecule has 0 spiro atoms. The summed E-state index contributed by atoms with van der Waals surface area (Å²) in [6.45, 7) is 9.33. The van der Waals surface area contributed by atoms with E-state index in [1.165, 1.54) is 11.1 Å². The van der Waals surface area contributed by atoms with Gasteiger partial charge in [0, 0.05) is 21.1 Å². The SMILES string of the molecule is CC(C)(O)c1ccccc1CCC(S)c1cccc(/C=C/c2ccc3ccc(Cl)cc3n2)c1.CC12CCC(C(S(=O)(=O)O)C1=O)C2(C)C. The Kier molecular flexibility index (Phi) is 10.4. The lowest BCUT2D eigenvalue weighted by atomic mass is 9.70. The van der Waals surface area contributed by atoms with Gasteiger partial charge in [0.25, 0.3) is 10.1 Å². The highest BCUT2D eigenvalue weighted by Crippen LogP contribution is 2.64. The van der Waals surface area contributed by atoms with Crippen molar-refractivity contribution < 1.29 is 22.9 Å². The molecule has 2 aliphatic rings. The summed E-state index contributed by atoms with van der Waals surface area (Å²) in [7, 11) is -4.24. The molecule has 1 heterocycles. The number of rotatable bonds is 8. The molecule has 1 aromatic heterocycles. The van der Waals surface area contributed by atoms with Crippen LogP contribution < -0.4 is 0 Å². The highest BCUT2D eigenvalue weighted by Gasteiger charge is 2.69. The average Bonchev–Trinajstić information content (AvgIpc) is 3.34. The maximum atomic E-state index is 12.0. The Morgan fingerprint density at radius 3 is 2.38 bits per heavy atom. The molecule has 48 heavy (non-hydrogen) atoms. The fourth-order valence-electron chi connectivity index (χ4n) is 7.39. The molecule has 2 saturated carbocycles. The average molecular weight is 706 g/mol. The summed E-state index contributed by atoms with van der Waals surface area (Å²) >= 11 is 11.0. The normalized spacial score (nSPS) is 22.6. The number of carbonyl (C=O) groups excluding carboxylic acids is 1. The first-order chi connectivity index (χ1) is 22.4. The van der Waals surface area contributed by atoms with Gasteiger partial charge in [-0.25, -0.2) is 4.98 Å². The highest BCUT2D eigenvalue weighted by molar-refractivity contribution is 7.87. The smallest absolute Gasteiger partial charge is 0.275 e. The molecule has 3 aromatic carbocycles. The molecule has 0 saturated heterocycles. The van der Waals surface area contributed by atoms with E-state index in [4.69, 9.17) is 33.8 Å². The number of hydrogen-bond acceptors (Lipinski definition) is 6. The lowest BCUT2D eigenvalue weighted by molar-refractivity contribution is -0.128. The van der Waals surface area contributed by atoms with Gasteiger partial charge in [0.1, 0.15) is 5.25 Å². The standard InChI is InChI=1S/C29H28ClNOS.C10H16O4S/c1-29(2,32)26-9-4-3-7-21(26)13-17-28(33)23-8-5-6-20(18-23)10-15-25-16-12-22-11-14-24(30)19-27(22)31-25;1-9(2)6-4-5-10(9,3)8(11)7(6)15(12,13)14/h3-12,14-16,18-19,28,32-33H,13,17H2,1-2H3;6-7H,4-5H2,1-3H3,(H,12,13,14)/b15-10+;. The van der Waals surface area contributed by atoms with Crippen LogP contribution in [0, 0.1) is 16.7 Å². The maximum Gasteiger partial charge on any atom is 0.275 e. The zero-order valence-corrected chi connectivity index (χ0v) is 30.5. The van der Waals surface area contributed by atoms with Crippen molar-refractivity contribution in [3.8, 4) is 0 Å². The number of aryl methyl sites for hydroxylation is 1. The molecule has 4 atom stereocenters. The zero-order valence-electron chi connectivity index (χ0n) is 28.0. The van der Waals surface area contributed by atoms with Crippen LogP contribution in [0.25, 0.3) is 23.1 Å². The van der Waals surface area contributed by atoms with E-state index in [1.54, 1.807) is 0 Å². The molecule has 2 aliphatic carbocycles. The van der Waals surface area contributed by atoms with Crippen molar-refractivity contribution in [2.45, 2.75) is 76.4 Å². The number of carbonyl (C=O) groups is 1. The van der Waals surface area contributed by atoms with E-state index >= 15 is 0 Å². The first-order valence-electron chi connectivity index (χ1n) is 16.3. The summed E-state index contributed by atoms with van der Waals surface area (Å²) < 4.78 is 31.5. The molecule has 4 unspecified atom stereocenters. The molecule has 6 nitrogen and oxygen atoms in total. The molecule has 254 valence electrons. The third-order valence-corrected chi connectivity index (χ3v) is 12.6. The lowest BCUT2D eigenvalue weighted by Gasteiger charge is -2.32. The van der Waals surface area contributed by atoms with Crippen LogP contribution in [0.2, 0.25) is 5.02 Å². The number of benzene rings is 3. The fourth-order valence-corrected chi connectivity index (χ4v) is 9.27. The number of halogens is 1. The summed E-state index contributed by atoms with van der Waals surface area (Å²) in [6.07, 6.45) is 7.28. The van der Waals surface area contributed by atoms with Crippen LogP contribution in [-0.2, 0) is 26.9 Å². The van der Waals surface area contributed by atoms with E-state index in [-0.39, 0.29) is 22.4 Å². The summed E-state index contributed by atoms with van der Waals surface area (Å²) in [5.41, 5.74) is 4.45. The second-order valence-electron chi connectivity index (χ2n) is 14.3. The second-order valence-corrected chi connectivity index (χ2v) is 16.9. The van der Waals surface area contributed by atoms with E-state index < -0.39 is 26.4 Å². The number of nitrogens with zero attached hydrogens (tertiary/aromatic N) is 1. The van der Waals surface area contributed by atoms with Crippen LogP contribution in [0.15, 0.2) is 78.9 Å². The van der Waals surface area contributed by atoms with Gasteiger partial charge in [0.05, 0.1) is 16.8 Å². The fraction of sp³-hybridized carbons (Fsp3) is 0.385. The Morgan fingerprint density at radius 1 is 1.02 bits per heavy atom. The van der Waals surface area contributed by atoms with E-state index in [0.717, 1.165) is 47.0 Å².